The van der Waals surface area contributed by atoms with Gasteiger partial charge in [-0.2, -0.15) is 0 Å². The van der Waals surface area contributed by atoms with E-state index in [0.717, 1.165) is 10.5 Å². The standard InChI is InChI=1S/C19H27N3O6/c1-13(2)12-27-19(26)22(18(20)21(4)14(3)17(24)25)28-16(23)11-10-15-8-6-5-7-9-15/h5-9,13-14,20H,10-12H2,1-4H3,(H,24,25). The summed E-state index contributed by atoms with van der Waals surface area (Å²) in [6, 6.07) is 8.13. The Labute approximate surface area is 164 Å². The van der Waals surface area contributed by atoms with Crippen molar-refractivity contribution in [3.63, 3.8) is 0 Å². The molecule has 1 amide bonds. The molecule has 0 saturated heterocycles. The number of nitrogens with zero attached hydrogens (tertiary/aromatic N) is 2. The summed E-state index contributed by atoms with van der Waals surface area (Å²) in [7, 11) is 1.31. The first kappa shape index (κ1) is 22.9. The van der Waals surface area contributed by atoms with Crippen molar-refractivity contribution in [2.24, 2.45) is 5.92 Å². The Morgan fingerprint density at radius 2 is 1.75 bits per heavy atom. The summed E-state index contributed by atoms with van der Waals surface area (Å²) >= 11 is 0. The first-order valence-corrected chi connectivity index (χ1v) is 8.89. The maximum atomic E-state index is 12.3. The summed E-state index contributed by atoms with van der Waals surface area (Å²) in [5.74, 6) is -2.52. The number of nitrogens with one attached hydrogen (secondary N) is 1. The number of rotatable bonds is 7. The van der Waals surface area contributed by atoms with Gasteiger partial charge in [0, 0.05) is 7.05 Å². The summed E-state index contributed by atoms with van der Waals surface area (Å²) in [6.45, 7) is 5.05. The predicted molar refractivity (Wildman–Crippen MR) is 101 cm³/mol. The van der Waals surface area contributed by atoms with Gasteiger partial charge >= 0.3 is 18.0 Å². The van der Waals surface area contributed by atoms with E-state index in [0.29, 0.717) is 11.5 Å². The number of benzene rings is 1. The monoisotopic (exact) mass is 393 g/mol. The fourth-order valence-corrected chi connectivity index (χ4v) is 1.99. The highest BCUT2D eigenvalue weighted by Crippen LogP contribution is 2.09. The van der Waals surface area contributed by atoms with Gasteiger partial charge in [0.05, 0.1) is 13.0 Å². The lowest BCUT2D eigenvalue weighted by Crippen LogP contribution is -2.51. The van der Waals surface area contributed by atoms with Gasteiger partial charge in [-0.05, 0) is 24.8 Å². The van der Waals surface area contributed by atoms with E-state index in [9.17, 15) is 14.4 Å². The minimum absolute atomic E-state index is 0.0244. The molecule has 154 valence electrons. The van der Waals surface area contributed by atoms with Crippen LogP contribution in [0.4, 0.5) is 4.79 Å². The van der Waals surface area contributed by atoms with E-state index < -0.39 is 30.0 Å². The molecule has 0 aromatic heterocycles. The second-order valence-electron chi connectivity index (χ2n) is 6.66. The summed E-state index contributed by atoms with van der Waals surface area (Å²) in [5.41, 5.74) is 0.917. The third-order valence-electron chi connectivity index (χ3n) is 3.82. The first-order valence-electron chi connectivity index (χ1n) is 8.89. The van der Waals surface area contributed by atoms with Crippen molar-refractivity contribution in [2.75, 3.05) is 13.7 Å². The number of carboxylic acid groups (broad SMARTS) is 1. The molecule has 1 atom stereocenters. The third-order valence-corrected chi connectivity index (χ3v) is 3.82. The van der Waals surface area contributed by atoms with E-state index in [1.54, 1.807) is 0 Å². The second-order valence-corrected chi connectivity index (χ2v) is 6.66. The molecule has 2 N–H and O–H groups in total. The number of hydrogen-bond donors (Lipinski definition) is 2. The lowest BCUT2D eigenvalue weighted by atomic mass is 10.1. The molecule has 0 aliphatic rings. The summed E-state index contributed by atoms with van der Waals surface area (Å²) in [4.78, 5) is 41.7. The summed E-state index contributed by atoms with van der Waals surface area (Å²) in [5, 5.41) is 17.6. The average molecular weight is 393 g/mol. The molecule has 0 fully saturated rings. The number of aryl methyl sites for hydroxylation is 1. The van der Waals surface area contributed by atoms with Gasteiger partial charge in [-0.15, -0.1) is 0 Å². The molecular weight excluding hydrogens is 366 g/mol. The Bertz CT molecular complexity index is 692. The Balaban J connectivity index is 2.84. The van der Waals surface area contributed by atoms with Crippen LogP contribution in [-0.4, -0.2) is 58.8 Å². The van der Waals surface area contributed by atoms with E-state index >= 15 is 0 Å². The highest BCUT2D eigenvalue weighted by Gasteiger charge is 2.31. The number of carbonyl (C=O) groups excluding carboxylic acids is 2. The smallest absolute Gasteiger partial charge is 0.451 e. The number of likely N-dealkylation sites (N-methyl/N-ethyl adjacent to an activating group) is 1. The van der Waals surface area contributed by atoms with Gasteiger partial charge in [0.1, 0.15) is 6.04 Å². The van der Waals surface area contributed by atoms with E-state index in [1.807, 2.05) is 44.2 Å². The van der Waals surface area contributed by atoms with Gasteiger partial charge in [0.2, 0.25) is 5.96 Å². The maximum absolute atomic E-state index is 12.3. The lowest BCUT2D eigenvalue weighted by Gasteiger charge is -2.29. The van der Waals surface area contributed by atoms with Crippen LogP contribution in [0.5, 0.6) is 0 Å². The number of hydrogen-bond acceptors (Lipinski definition) is 6. The normalized spacial score (nSPS) is 11.5. The molecule has 1 rings (SSSR count). The molecule has 0 radical (unpaired) electrons. The van der Waals surface area contributed by atoms with Crippen LogP contribution in [-0.2, 0) is 25.6 Å². The molecule has 1 unspecified atom stereocenters. The number of guanidine groups is 1. The molecule has 9 heteroatoms. The van der Waals surface area contributed by atoms with Crippen LogP contribution in [0.2, 0.25) is 0 Å². The molecule has 0 saturated carbocycles. The Hall–Kier alpha value is -3.10. The number of hydroxylamine groups is 2. The number of amides is 1. The molecule has 28 heavy (non-hydrogen) atoms. The zero-order valence-corrected chi connectivity index (χ0v) is 16.5. The van der Waals surface area contributed by atoms with Crippen LogP contribution in [0.1, 0.15) is 32.8 Å². The van der Waals surface area contributed by atoms with Gasteiger partial charge in [-0.3, -0.25) is 5.41 Å². The molecule has 0 heterocycles. The quantitative estimate of drug-likeness (QED) is 0.415. The van der Waals surface area contributed by atoms with E-state index in [-0.39, 0.29) is 18.9 Å². The fraction of sp³-hybridized carbons (Fsp3) is 0.474. The SMILES string of the molecule is CC(C)COC(=O)N(OC(=O)CCc1ccccc1)C(=N)N(C)C(C)C(=O)O. The summed E-state index contributed by atoms with van der Waals surface area (Å²) < 4.78 is 5.04. The van der Waals surface area contributed by atoms with Crippen LogP contribution in [0.3, 0.4) is 0 Å². The molecule has 0 spiro atoms. The van der Waals surface area contributed by atoms with Crippen molar-refractivity contribution < 1.29 is 29.1 Å². The van der Waals surface area contributed by atoms with Gasteiger partial charge in [0.25, 0.3) is 0 Å². The Kier molecular flexibility index (Phi) is 8.94. The number of carbonyl (C=O) groups is 3. The fourth-order valence-electron chi connectivity index (χ4n) is 1.99. The van der Waals surface area contributed by atoms with Crippen LogP contribution >= 0.6 is 0 Å². The first-order chi connectivity index (χ1) is 13.1. The van der Waals surface area contributed by atoms with Crippen molar-refractivity contribution in [2.45, 2.75) is 39.7 Å². The van der Waals surface area contributed by atoms with Crippen LogP contribution < -0.4 is 0 Å². The predicted octanol–water partition coefficient (Wildman–Crippen LogP) is 2.51. The molecule has 1 aromatic rings. The van der Waals surface area contributed by atoms with Crippen molar-refractivity contribution in [3.8, 4) is 0 Å². The van der Waals surface area contributed by atoms with Crippen LogP contribution in [0, 0.1) is 11.3 Å². The van der Waals surface area contributed by atoms with Crippen LogP contribution in [0.15, 0.2) is 30.3 Å². The highest BCUT2D eigenvalue weighted by atomic mass is 16.8. The molecule has 1 aromatic carbocycles. The van der Waals surface area contributed by atoms with Gasteiger partial charge in [0.15, 0.2) is 0 Å². The van der Waals surface area contributed by atoms with E-state index in [1.165, 1.54) is 14.0 Å². The zero-order valence-electron chi connectivity index (χ0n) is 16.5. The van der Waals surface area contributed by atoms with Crippen LogP contribution in [0.25, 0.3) is 0 Å². The largest absolute Gasteiger partial charge is 0.480 e. The molecule has 0 aliphatic carbocycles. The van der Waals surface area contributed by atoms with Gasteiger partial charge in [-0.1, -0.05) is 49.2 Å². The number of carboxylic acids is 1. The molecule has 9 nitrogen and oxygen atoms in total. The summed E-state index contributed by atoms with van der Waals surface area (Å²) in [6.07, 6.45) is -0.691. The Morgan fingerprint density at radius 3 is 2.29 bits per heavy atom. The number of aliphatic carboxylic acids is 1. The maximum Gasteiger partial charge on any atom is 0.451 e. The second kappa shape index (κ2) is 10.9. The molecular formula is C19H27N3O6. The average Bonchev–Trinajstić information content (AvgIpc) is 2.67. The minimum atomic E-state index is -1.20. The van der Waals surface area contributed by atoms with Crippen molar-refractivity contribution in [3.05, 3.63) is 35.9 Å². The highest BCUT2D eigenvalue weighted by molar-refractivity contribution is 5.94. The van der Waals surface area contributed by atoms with Crippen molar-refractivity contribution in [1.82, 2.24) is 9.96 Å². The van der Waals surface area contributed by atoms with Crippen molar-refractivity contribution in [1.29, 1.82) is 5.41 Å². The molecule has 0 aliphatic heterocycles. The lowest BCUT2D eigenvalue weighted by molar-refractivity contribution is -0.169. The van der Waals surface area contributed by atoms with Crippen molar-refractivity contribution >= 4 is 24.0 Å². The van der Waals surface area contributed by atoms with E-state index in [2.05, 4.69) is 0 Å². The van der Waals surface area contributed by atoms with Gasteiger partial charge < -0.3 is 19.6 Å². The third kappa shape index (κ3) is 7.26. The van der Waals surface area contributed by atoms with E-state index in [4.69, 9.17) is 20.1 Å². The molecule has 0 bridgehead atoms. The number of ether oxygens (including phenoxy) is 1. The topological polar surface area (TPSA) is 120 Å². The van der Waals surface area contributed by atoms with Gasteiger partial charge in [-0.25, -0.2) is 14.4 Å². The minimum Gasteiger partial charge on any atom is -0.480 e. The zero-order chi connectivity index (χ0) is 21.3. The Morgan fingerprint density at radius 1 is 1.14 bits per heavy atom.